The van der Waals surface area contributed by atoms with E-state index in [0.29, 0.717) is 11.4 Å². The summed E-state index contributed by atoms with van der Waals surface area (Å²) in [5.41, 5.74) is -0.500. The third-order valence-corrected chi connectivity index (χ3v) is 7.86. The first kappa shape index (κ1) is 29.7. The Balaban J connectivity index is 1.66. The highest BCUT2D eigenvalue weighted by molar-refractivity contribution is 5.91. The van der Waals surface area contributed by atoms with Crippen LogP contribution >= 0.6 is 0 Å². The fourth-order valence-corrected chi connectivity index (χ4v) is 5.83. The number of aromatic nitrogens is 4. The van der Waals surface area contributed by atoms with Gasteiger partial charge < -0.3 is 19.3 Å². The molecule has 0 aliphatic carbocycles. The van der Waals surface area contributed by atoms with Gasteiger partial charge in [0.2, 0.25) is 5.91 Å². The highest BCUT2D eigenvalue weighted by atomic mass is 19.1. The summed E-state index contributed by atoms with van der Waals surface area (Å²) in [5.74, 6) is -1.62. The van der Waals surface area contributed by atoms with Crippen LogP contribution in [0.5, 0.6) is 11.5 Å². The molecule has 2 bridgehead atoms. The van der Waals surface area contributed by atoms with Gasteiger partial charge in [-0.2, -0.15) is 10.2 Å². The number of halogens is 2. The van der Waals surface area contributed by atoms with Gasteiger partial charge in [0.25, 0.3) is 0 Å². The molecular weight excluding hydrogens is 584 g/mol. The number of hydrogen-bond donors (Lipinski definition) is 0. The minimum absolute atomic E-state index is 0.00222. The number of benzene rings is 1. The zero-order chi connectivity index (χ0) is 31.8. The molecule has 13 heteroatoms. The van der Waals surface area contributed by atoms with Gasteiger partial charge in [0.05, 0.1) is 35.2 Å². The molecule has 11 nitrogen and oxygen atoms in total. The van der Waals surface area contributed by atoms with E-state index in [2.05, 4.69) is 27.6 Å². The van der Waals surface area contributed by atoms with Crippen molar-refractivity contribution in [1.82, 2.24) is 24.4 Å². The van der Waals surface area contributed by atoms with Gasteiger partial charge >= 0.3 is 5.69 Å². The van der Waals surface area contributed by atoms with E-state index in [1.165, 1.54) is 34.9 Å². The second-order valence-corrected chi connectivity index (χ2v) is 10.9. The minimum atomic E-state index is -0.858. The van der Waals surface area contributed by atoms with Gasteiger partial charge in [0.1, 0.15) is 47.7 Å². The van der Waals surface area contributed by atoms with Crippen LogP contribution < -0.4 is 20.1 Å². The molecule has 0 unspecified atom stereocenters. The smallest absolute Gasteiger partial charge is 0.356 e. The average molecular weight is 614 g/mol. The van der Waals surface area contributed by atoms with E-state index < -0.39 is 23.4 Å². The molecule has 5 heterocycles. The summed E-state index contributed by atoms with van der Waals surface area (Å²) in [5, 5.41) is 9.63. The zero-order valence-electron chi connectivity index (χ0n) is 24.7. The normalized spacial score (nSPS) is 16.1. The van der Waals surface area contributed by atoms with Crippen molar-refractivity contribution in [2.75, 3.05) is 37.7 Å². The summed E-state index contributed by atoms with van der Waals surface area (Å²) in [6.45, 7) is 7.99. The Morgan fingerprint density at radius 2 is 1.93 bits per heavy atom. The molecule has 0 spiro atoms. The van der Waals surface area contributed by atoms with Crippen molar-refractivity contribution in [3.8, 4) is 34.5 Å². The maximum absolute atomic E-state index is 16.1. The fraction of sp³-hybridized carbons (Fsp3) is 0.312. The number of piperazine rings is 1. The van der Waals surface area contributed by atoms with Gasteiger partial charge in [0.15, 0.2) is 11.5 Å². The molecule has 0 N–H and O–H groups in total. The van der Waals surface area contributed by atoms with Crippen LogP contribution in [0.4, 0.5) is 14.6 Å². The molecule has 0 radical (unpaired) electrons. The molecule has 1 atom stereocenters. The highest BCUT2D eigenvalue weighted by Crippen LogP contribution is 2.38. The van der Waals surface area contributed by atoms with E-state index in [-0.39, 0.29) is 90.6 Å². The van der Waals surface area contributed by atoms with E-state index in [1.807, 2.05) is 13.8 Å². The van der Waals surface area contributed by atoms with Gasteiger partial charge in [0, 0.05) is 31.9 Å². The van der Waals surface area contributed by atoms with Crippen molar-refractivity contribution >= 4 is 22.8 Å². The molecule has 45 heavy (non-hydrogen) atoms. The lowest BCUT2D eigenvalue weighted by atomic mass is 10.1. The number of fused-ring (bicyclic) bond motifs is 5. The molecular formula is C32H29F2N7O4. The third-order valence-electron chi connectivity index (χ3n) is 7.86. The molecule has 2 aliphatic heterocycles. The number of amides is 1. The molecule has 4 aromatic rings. The van der Waals surface area contributed by atoms with Crippen LogP contribution in [0.15, 0.2) is 54.0 Å². The van der Waals surface area contributed by atoms with Crippen molar-refractivity contribution in [3.63, 3.8) is 0 Å². The summed E-state index contributed by atoms with van der Waals surface area (Å²) in [4.78, 5) is 43.4. The lowest BCUT2D eigenvalue weighted by Gasteiger charge is -2.41. The van der Waals surface area contributed by atoms with Crippen molar-refractivity contribution in [2.24, 2.45) is 0 Å². The first-order valence-corrected chi connectivity index (χ1v) is 14.5. The van der Waals surface area contributed by atoms with Crippen LogP contribution in [0.25, 0.3) is 28.0 Å². The third kappa shape index (κ3) is 5.22. The van der Waals surface area contributed by atoms with Gasteiger partial charge in [-0.3, -0.25) is 9.78 Å². The lowest BCUT2D eigenvalue weighted by Crippen LogP contribution is -2.55. The molecule has 1 saturated heterocycles. The van der Waals surface area contributed by atoms with Crippen LogP contribution in [0.3, 0.4) is 0 Å². The van der Waals surface area contributed by atoms with Crippen molar-refractivity contribution < 1.29 is 23.0 Å². The minimum Gasteiger partial charge on any atom is -0.489 e. The molecule has 0 saturated carbocycles. The van der Waals surface area contributed by atoms with Crippen LogP contribution in [0, 0.1) is 23.0 Å². The second kappa shape index (κ2) is 12.0. The predicted octanol–water partition coefficient (Wildman–Crippen LogP) is 4.13. The Bertz CT molecular complexity index is 1940. The Hall–Kier alpha value is -5.38. The van der Waals surface area contributed by atoms with E-state index in [1.54, 1.807) is 22.1 Å². The van der Waals surface area contributed by atoms with Gasteiger partial charge in [-0.05, 0) is 30.2 Å². The quantitative estimate of drug-likeness (QED) is 0.312. The summed E-state index contributed by atoms with van der Waals surface area (Å²) in [7, 11) is 0. The first-order valence-electron chi connectivity index (χ1n) is 14.5. The van der Waals surface area contributed by atoms with E-state index in [0.717, 1.165) is 0 Å². The van der Waals surface area contributed by atoms with Crippen molar-refractivity contribution in [3.05, 3.63) is 77.0 Å². The van der Waals surface area contributed by atoms with E-state index >= 15 is 8.78 Å². The molecule has 3 aromatic heterocycles. The van der Waals surface area contributed by atoms with Crippen LogP contribution in [-0.4, -0.2) is 69.2 Å². The van der Waals surface area contributed by atoms with Gasteiger partial charge in [-0.15, -0.1) is 0 Å². The van der Waals surface area contributed by atoms with Crippen molar-refractivity contribution in [1.29, 1.82) is 5.26 Å². The summed E-state index contributed by atoms with van der Waals surface area (Å²) < 4.78 is 44.6. The first-order chi connectivity index (χ1) is 21.7. The Labute approximate surface area is 257 Å². The Morgan fingerprint density at radius 1 is 1.16 bits per heavy atom. The van der Waals surface area contributed by atoms with Crippen LogP contribution in [0.1, 0.15) is 31.9 Å². The molecule has 1 aromatic carbocycles. The maximum atomic E-state index is 16.1. The topological polar surface area (TPSA) is 126 Å². The van der Waals surface area contributed by atoms with E-state index in [9.17, 15) is 14.9 Å². The summed E-state index contributed by atoms with van der Waals surface area (Å²) >= 11 is 0. The molecule has 1 fully saturated rings. The van der Waals surface area contributed by atoms with E-state index in [4.69, 9.17) is 9.47 Å². The SMILES string of the molecule is C=CC(=O)N1CCN(c2nc(=O)n3c4nc(c(F)cc24)-c2c(F)cccc2OCCOc2ccnc(C(C)C)c2-3)C[C@@H]1CC#N. The zero-order valence-corrected chi connectivity index (χ0v) is 24.7. The number of carbonyl (C=O) groups is 1. The summed E-state index contributed by atoms with van der Waals surface area (Å²) in [6, 6.07) is 8.48. The maximum Gasteiger partial charge on any atom is 0.356 e. The molecule has 230 valence electrons. The van der Waals surface area contributed by atoms with Crippen LogP contribution in [-0.2, 0) is 4.79 Å². The molecule has 6 rings (SSSR count). The number of hydrogen-bond acceptors (Lipinski definition) is 9. The number of carbonyl (C=O) groups excluding carboxylic acids is 1. The second-order valence-electron chi connectivity index (χ2n) is 10.9. The van der Waals surface area contributed by atoms with Gasteiger partial charge in [-0.25, -0.2) is 23.1 Å². The van der Waals surface area contributed by atoms with Gasteiger partial charge in [-0.1, -0.05) is 26.5 Å². The predicted molar refractivity (Wildman–Crippen MR) is 162 cm³/mol. The summed E-state index contributed by atoms with van der Waals surface area (Å²) in [6.07, 6.45) is 2.77. The van der Waals surface area contributed by atoms with Crippen LogP contribution in [0.2, 0.25) is 0 Å². The highest BCUT2D eigenvalue weighted by Gasteiger charge is 2.33. The van der Waals surface area contributed by atoms with Crippen molar-refractivity contribution in [2.45, 2.75) is 32.2 Å². The number of nitrogens with zero attached hydrogens (tertiary/aromatic N) is 7. The Kier molecular flexibility index (Phi) is 7.88. The number of pyridine rings is 2. The average Bonchev–Trinajstić information content (AvgIpc) is 3.02. The number of ether oxygens (including phenoxy) is 2. The number of rotatable bonds is 4. The number of nitriles is 1. The lowest BCUT2D eigenvalue weighted by molar-refractivity contribution is -0.128. The monoisotopic (exact) mass is 613 g/mol. The largest absolute Gasteiger partial charge is 0.489 e. The fourth-order valence-electron chi connectivity index (χ4n) is 5.83. The Morgan fingerprint density at radius 3 is 2.67 bits per heavy atom. The molecule has 2 aliphatic rings. The number of anilines is 1. The molecule has 1 amide bonds. The standard InChI is InChI=1S/C32H29F2N7O4/c1-4-25(42)40-13-12-39(17-19(40)8-10-35)30-20-16-22(34)28-26-21(33)6-5-7-23(26)44-14-15-45-24-9-11-36-27(18(2)3)29(24)41(31(20)37-28)32(43)38-30/h4-7,9,11,16,18-19H,1,8,12-15,17H2,2-3H3/t19-/m0/s1.